The predicted octanol–water partition coefficient (Wildman–Crippen LogP) is 3.40. The van der Waals surface area contributed by atoms with Gasteiger partial charge >= 0.3 is 0 Å². The van der Waals surface area contributed by atoms with Gasteiger partial charge in [-0.2, -0.15) is 0 Å². The fraction of sp³-hybridized carbons (Fsp3) is 0.176. The predicted molar refractivity (Wildman–Crippen MR) is 87.6 cm³/mol. The maximum absolute atomic E-state index is 11.8. The molecule has 0 bridgehead atoms. The number of pyridine rings is 1. The number of carbonyl (C=O) groups is 1. The van der Waals surface area contributed by atoms with Gasteiger partial charge in [0.05, 0.1) is 4.92 Å². The highest BCUT2D eigenvalue weighted by molar-refractivity contribution is 5.91. The van der Waals surface area contributed by atoms with Crippen LogP contribution in [-0.4, -0.2) is 15.8 Å². The molecule has 0 aliphatic rings. The first kappa shape index (κ1) is 16.2. The van der Waals surface area contributed by atoms with Crippen LogP contribution in [0.3, 0.4) is 0 Å². The summed E-state index contributed by atoms with van der Waals surface area (Å²) in [5, 5.41) is 13.6. The van der Waals surface area contributed by atoms with Crippen molar-refractivity contribution in [3.05, 3.63) is 52.8 Å². The Balaban J connectivity index is 2.14. The van der Waals surface area contributed by atoms with Crippen LogP contribution in [-0.2, 0) is 4.79 Å². The summed E-state index contributed by atoms with van der Waals surface area (Å²) in [7, 11) is 0. The average Bonchev–Trinajstić information content (AvgIpc) is 2.55. The molecule has 116 valence electrons. The number of unbranched alkanes of at least 4 members (excludes halogenated alkanes) is 1. The van der Waals surface area contributed by atoms with Crippen molar-refractivity contribution in [2.75, 3.05) is 5.32 Å². The van der Waals surface area contributed by atoms with Gasteiger partial charge in [0, 0.05) is 36.4 Å². The molecular weight excluding hydrogens is 294 g/mol. The molecule has 0 saturated heterocycles. The quantitative estimate of drug-likeness (QED) is 0.383. The number of hydrogen-bond acceptors (Lipinski definition) is 4. The molecular formula is C17H15N3O3. The molecule has 1 heterocycles. The minimum absolute atomic E-state index is 0.0776. The molecule has 0 spiro atoms. The third kappa shape index (κ3) is 4.64. The van der Waals surface area contributed by atoms with Gasteiger partial charge in [-0.15, -0.1) is 12.3 Å². The molecule has 0 atom stereocenters. The van der Waals surface area contributed by atoms with E-state index in [0.717, 1.165) is 5.56 Å². The number of terminal acetylenes is 1. The van der Waals surface area contributed by atoms with Gasteiger partial charge in [-0.25, -0.2) is 0 Å². The smallest absolute Gasteiger partial charge is 0.288 e. The van der Waals surface area contributed by atoms with Crippen LogP contribution in [0.4, 0.5) is 11.4 Å². The number of hydrogen-bond donors (Lipinski definition) is 1. The zero-order valence-electron chi connectivity index (χ0n) is 12.4. The van der Waals surface area contributed by atoms with Gasteiger partial charge in [-0.3, -0.25) is 19.9 Å². The Bertz CT molecular complexity index is 766. The number of nitro groups is 1. The molecule has 0 unspecified atom stereocenters. The summed E-state index contributed by atoms with van der Waals surface area (Å²) < 4.78 is 0. The Morgan fingerprint density at radius 1 is 1.30 bits per heavy atom. The van der Waals surface area contributed by atoms with Crippen LogP contribution in [0.1, 0.15) is 19.3 Å². The Hall–Kier alpha value is -3.20. The third-order valence-electron chi connectivity index (χ3n) is 3.14. The monoisotopic (exact) mass is 309 g/mol. The van der Waals surface area contributed by atoms with Crippen molar-refractivity contribution in [3.8, 4) is 23.5 Å². The number of benzene rings is 1. The van der Waals surface area contributed by atoms with E-state index < -0.39 is 4.92 Å². The molecule has 1 N–H and O–H groups in total. The van der Waals surface area contributed by atoms with E-state index >= 15 is 0 Å². The molecule has 0 radical (unpaired) electrons. The number of nitrogens with zero attached hydrogens (tertiary/aromatic N) is 2. The molecule has 0 saturated carbocycles. The van der Waals surface area contributed by atoms with Crippen LogP contribution in [0.15, 0.2) is 42.7 Å². The van der Waals surface area contributed by atoms with Crippen LogP contribution in [0.5, 0.6) is 0 Å². The lowest BCUT2D eigenvalue weighted by Crippen LogP contribution is -2.10. The second-order valence-electron chi connectivity index (χ2n) is 4.88. The van der Waals surface area contributed by atoms with E-state index in [9.17, 15) is 14.9 Å². The zero-order valence-corrected chi connectivity index (χ0v) is 12.4. The maximum Gasteiger partial charge on any atom is 0.288 e. The van der Waals surface area contributed by atoms with E-state index in [4.69, 9.17) is 6.42 Å². The van der Waals surface area contributed by atoms with Gasteiger partial charge in [-0.05, 0) is 24.1 Å². The zero-order chi connectivity index (χ0) is 16.7. The molecule has 1 aromatic heterocycles. The molecule has 0 fully saturated rings. The first-order valence-electron chi connectivity index (χ1n) is 7.03. The molecule has 2 aromatic rings. The van der Waals surface area contributed by atoms with Crippen molar-refractivity contribution in [2.45, 2.75) is 19.3 Å². The summed E-state index contributed by atoms with van der Waals surface area (Å²) in [4.78, 5) is 26.0. The molecule has 0 aliphatic heterocycles. The summed E-state index contributed by atoms with van der Waals surface area (Å²) in [6.07, 6.45) is 9.44. The maximum atomic E-state index is 11.8. The average molecular weight is 309 g/mol. The van der Waals surface area contributed by atoms with E-state index in [1.807, 2.05) is 0 Å². The van der Waals surface area contributed by atoms with E-state index in [-0.39, 0.29) is 11.6 Å². The largest absolute Gasteiger partial charge is 0.326 e. The summed E-state index contributed by atoms with van der Waals surface area (Å²) in [5.74, 6) is 2.37. The Morgan fingerprint density at radius 2 is 2.13 bits per heavy atom. The van der Waals surface area contributed by atoms with Crippen molar-refractivity contribution in [1.29, 1.82) is 0 Å². The van der Waals surface area contributed by atoms with E-state index in [1.165, 1.54) is 12.3 Å². The Kier molecular flexibility index (Phi) is 5.42. The van der Waals surface area contributed by atoms with Crippen LogP contribution in [0.2, 0.25) is 0 Å². The van der Waals surface area contributed by atoms with Gasteiger partial charge < -0.3 is 5.32 Å². The fourth-order valence-electron chi connectivity index (χ4n) is 2.04. The van der Waals surface area contributed by atoms with Gasteiger partial charge in [0.25, 0.3) is 5.69 Å². The number of carbonyl (C=O) groups excluding carboxylic acids is 1. The third-order valence-corrected chi connectivity index (χ3v) is 3.14. The summed E-state index contributed by atoms with van der Waals surface area (Å²) in [5.41, 5.74) is 1.90. The van der Waals surface area contributed by atoms with Crippen molar-refractivity contribution in [2.24, 2.45) is 0 Å². The number of nitrogens with one attached hydrogen (secondary N) is 1. The lowest BCUT2D eigenvalue weighted by Gasteiger charge is -2.07. The second-order valence-corrected chi connectivity index (χ2v) is 4.88. The highest BCUT2D eigenvalue weighted by Crippen LogP contribution is 2.25. The first-order chi connectivity index (χ1) is 11.1. The van der Waals surface area contributed by atoms with Crippen LogP contribution in [0, 0.1) is 22.5 Å². The minimum Gasteiger partial charge on any atom is -0.326 e. The Labute approximate surface area is 133 Å². The highest BCUT2D eigenvalue weighted by Gasteiger charge is 2.09. The molecule has 6 heteroatoms. The molecule has 0 aliphatic carbocycles. The normalized spacial score (nSPS) is 9.87. The fourth-order valence-corrected chi connectivity index (χ4v) is 2.04. The van der Waals surface area contributed by atoms with E-state index in [0.29, 0.717) is 30.5 Å². The lowest BCUT2D eigenvalue weighted by atomic mass is 10.1. The topological polar surface area (TPSA) is 85.1 Å². The Morgan fingerprint density at radius 3 is 2.87 bits per heavy atom. The first-order valence-corrected chi connectivity index (χ1v) is 7.03. The molecule has 2 rings (SSSR count). The molecule has 23 heavy (non-hydrogen) atoms. The van der Waals surface area contributed by atoms with Crippen molar-refractivity contribution in [1.82, 2.24) is 4.98 Å². The summed E-state index contributed by atoms with van der Waals surface area (Å²) in [6.45, 7) is 0. The van der Waals surface area contributed by atoms with Crippen LogP contribution < -0.4 is 5.32 Å². The van der Waals surface area contributed by atoms with Crippen molar-refractivity contribution >= 4 is 17.3 Å². The highest BCUT2D eigenvalue weighted by atomic mass is 16.6. The van der Waals surface area contributed by atoms with Crippen LogP contribution >= 0.6 is 0 Å². The second kappa shape index (κ2) is 7.71. The standard InChI is InChI=1S/C17H15N3O3/c1-2-3-4-8-17(21)19-15-7-5-6-13(9-15)14-10-16(20(22)23)12-18-11-14/h1,5-7,9-12H,3-4,8H2,(H,19,21). The number of amides is 1. The van der Waals surface area contributed by atoms with Crippen molar-refractivity contribution < 1.29 is 9.72 Å². The number of anilines is 1. The summed E-state index contributed by atoms with van der Waals surface area (Å²) in [6, 6.07) is 8.52. The van der Waals surface area contributed by atoms with Gasteiger partial charge in [0.15, 0.2) is 0 Å². The summed E-state index contributed by atoms with van der Waals surface area (Å²) >= 11 is 0. The molecule has 1 aromatic carbocycles. The van der Waals surface area contributed by atoms with Crippen LogP contribution in [0.25, 0.3) is 11.1 Å². The van der Waals surface area contributed by atoms with Gasteiger partial charge in [0.1, 0.15) is 6.20 Å². The van der Waals surface area contributed by atoms with E-state index in [1.54, 1.807) is 30.5 Å². The lowest BCUT2D eigenvalue weighted by molar-refractivity contribution is -0.385. The SMILES string of the molecule is C#CCCCC(=O)Nc1cccc(-c2cncc([N+](=O)[O-])c2)c1. The minimum atomic E-state index is -0.492. The molecule has 6 nitrogen and oxygen atoms in total. The molecule has 1 amide bonds. The number of rotatable bonds is 6. The van der Waals surface area contributed by atoms with Gasteiger partial charge in [-0.1, -0.05) is 12.1 Å². The van der Waals surface area contributed by atoms with Gasteiger partial charge in [0.2, 0.25) is 5.91 Å². The van der Waals surface area contributed by atoms with Crippen molar-refractivity contribution in [3.63, 3.8) is 0 Å². The van der Waals surface area contributed by atoms with E-state index in [2.05, 4.69) is 16.2 Å². The number of aromatic nitrogens is 1.